The first-order chi connectivity index (χ1) is 12.3. The minimum absolute atomic E-state index is 0.0858. The zero-order valence-electron chi connectivity index (χ0n) is 15.8. The van der Waals surface area contributed by atoms with Crippen LogP contribution in [0, 0.1) is 10.8 Å². The fourth-order valence-electron chi connectivity index (χ4n) is 3.89. The number of hydrogen-bond acceptors (Lipinski definition) is 0. The van der Waals surface area contributed by atoms with Crippen LogP contribution in [0.1, 0.15) is 50.2 Å². The predicted octanol–water partition coefficient (Wildman–Crippen LogP) is 6.78. The van der Waals surface area contributed by atoms with Gasteiger partial charge in [0, 0.05) is 55.2 Å². The third-order valence-electron chi connectivity index (χ3n) is 5.58. The van der Waals surface area contributed by atoms with Crippen molar-refractivity contribution in [2.75, 3.05) is 0 Å². The van der Waals surface area contributed by atoms with Crippen LogP contribution in [0.25, 0.3) is 46.1 Å². The van der Waals surface area contributed by atoms with Crippen LogP contribution >= 0.6 is 0 Å². The van der Waals surface area contributed by atoms with Gasteiger partial charge in [-0.25, -0.2) is 0 Å². The summed E-state index contributed by atoms with van der Waals surface area (Å²) in [5, 5.41) is 2.55. The number of H-pyrrole nitrogens is 2. The molecule has 1 aromatic carbocycles. The molecule has 3 aromatic rings. The number of hydrogen-bond donors (Lipinski definition) is 2. The summed E-state index contributed by atoms with van der Waals surface area (Å²) < 4.78 is 0. The summed E-state index contributed by atoms with van der Waals surface area (Å²) in [6, 6.07) is 4.58. The summed E-state index contributed by atoms with van der Waals surface area (Å²) in [5.74, 6) is 0. The van der Waals surface area contributed by atoms with Gasteiger partial charge in [0.25, 0.3) is 0 Å². The maximum absolute atomic E-state index is 3.62. The van der Waals surface area contributed by atoms with Gasteiger partial charge in [-0.15, -0.1) is 0 Å². The van der Waals surface area contributed by atoms with Crippen molar-refractivity contribution >= 4 is 46.1 Å². The van der Waals surface area contributed by atoms with Crippen LogP contribution in [0.15, 0.2) is 36.4 Å². The average molecular weight is 340 g/mol. The van der Waals surface area contributed by atoms with Crippen molar-refractivity contribution in [3.8, 4) is 0 Å². The third-order valence-corrected chi connectivity index (χ3v) is 5.58. The van der Waals surface area contributed by atoms with E-state index in [1.807, 2.05) is 0 Å². The molecule has 26 heavy (non-hydrogen) atoms. The first-order valence-electron chi connectivity index (χ1n) is 9.30. The molecule has 0 saturated heterocycles. The first-order valence-corrected chi connectivity index (χ1v) is 9.30. The first kappa shape index (κ1) is 15.5. The number of nitrogens with one attached hydrogen (secondary N) is 2. The molecule has 2 nitrogen and oxygen atoms in total. The van der Waals surface area contributed by atoms with Gasteiger partial charge in [0.1, 0.15) is 0 Å². The van der Waals surface area contributed by atoms with Crippen molar-refractivity contribution in [2.24, 2.45) is 10.8 Å². The number of rotatable bonds is 0. The number of fused-ring (bicyclic) bond motifs is 6. The van der Waals surface area contributed by atoms with Crippen LogP contribution in [0.3, 0.4) is 0 Å². The Labute approximate surface area is 154 Å². The molecule has 2 aliphatic carbocycles. The predicted molar refractivity (Wildman–Crippen MR) is 114 cm³/mol. The highest BCUT2D eigenvalue weighted by molar-refractivity contribution is 6.05. The SMILES string of the molecule is CC1(C)C=Cc2[nH]c3cc4c5c([nH]c4cc3c2C=C1)C=CC(C)(C)C=C5. The molecular formula is C24H24N2. The van der Waals surface area contributed by atoms with Gasteiger partial charge in [-0.05, 0) is 24.3 Å². The number of allylic oxidation sites excluding steroid dienone is 4. The van der Waals surface area contributed by atoms with E-state index in [0.29, 0.717) is 0 Å². The van der Waals surface area contributed by atoms with E-state index in [1.54, 1.807) is 0 Å². The Kier molecular flexibility index (Phi) is 2.93. The molecule has 0 spiro atoms. The van der Waals surface area contributed by atoms with Gasteiger partial charge in [0.2, 0.25) is 0 Å². The van der Waals surface area contributed by atoms with Crippen LogP contribution in [-0.2, 0) is 0 Å². The third kappa shape index (κ3) is 2.33. The molecule has 0 fully saturated rings. The second-order valence-electron chi connectivity index (χ2n) is 8.82. The topological polar surface area (TPSA) is 31.6 Å². The standard InChI is InChI=1S/C24H24N2/c1-23(2)9-5-15-17-13-22-18(14-21(17)25-19(15)7-11-23)16-6-10-24(3,4)12-8-20(16)26-22/h5-14,25-26H,1-4H3. The van der Waals surface area contributed by atoms with Crippen LogP contribution in [0.4, 0.5) is 0 Å². The van der Waals surface area contributed by atoms with Gasteiger partial charge in [-0.3, -0.25) is 0 Å². The second-order valence-corrected chi connectivity index (χ2v) is 8.82. The Hall–Kier alpha value is -2.74. The van der Waals surface area contributed by atoms with Crippen LogP contribution in [-0.4, -0.2) is 9.97 Å². The fourth-order valence-corrected chi connectivity index (χ4v) is 3.89. The van der Waals surface area contributed by atoms with Crippen LogP contribution < -0.4 is 0 Å². The van der Waals surface area contributed by atoms with Crippen molar-refractivity contribution in [1.82, 2.24) is 9.97 Å². The van der Waals surface area contributed by atoms with E-state index in [9.17, 15) is 0 Å². The summed E-state index contributed by atoms with van der Waals surface area (Å²) in [7, 11) is 0. The Balaban J connectivity index is 1.76. The zero-order chi connectivity index (χ0) is 18.1. The van der Waals surface area contributed by atoms with Gasteiger partial charge < -0.3 is 9.97 Å². The fraction of sp³-hybridized carbons (Fsp3) is 0.250. The van der Waals surface area contributed by atoms with E-state index >= 15 is 0 Å². The van der Waals surface area contributed by atoms with E-state index in [0.717, 1.165) is 0 Å². The van der Waals surface area contributed by atoms with E-state index in [1.165, 1.54) is 44.3 Å². The van der Waals surface area contributed by atoms with Crippen molar-refractivity contribution in [3.05, 3.63) is 59.0 Å². The summed E-state index contributed by atoms with van der Waals surface area (Å²) in [4.78, 5) is 7.24. The maximum atomic E-state index is 3.62. The second kappa shape index (κ2) is 4.91. The molecule has 0 atom stereocenters. The minimum atomic E-state index is 0.0858. The monoisotopic (exact) mass is 340 g/mol. The van der Waals surface area contributed by atoms with E-state index in [2.05, 4.69) is 98.4 Å². The lowest BCUT2D eigenvalue weighted by molar-refractivity contribution is 0.633. The summed E-state index contributed by atoms with van der Waals surface area (Å²) in [6.45, 7) is 8.92. The molecule has 0 saturated carbocycles. The summed E-state index contributed by atoms with van der Waals surface area (Å²) >= 11 is 0. The lowest BCUT2D eigenvalue weighted by Crippen LogP contribution is -2.00. The van der Waals surface area contributed by atoms with Gasteiger partial charge in [-0.2, -0.15) is 0 Å². The minimum Gasteiger partial charge on any atom is -0.354 e. The molecule has 2 heteroatoms. The van der Waals surface area contributed by atoms with Crippen molar-refractivity contribution in [1.29, 1.82) is 0 Å². The highest BCUT2D eigenvalue weighted by Gasteiger charge is 2.19. The van der Waals surface area contributed by atoms with Crippen LogP contribution in [0.5, 0.6) is 0 Å². The van der Waals surface area contributed by atoms with Gasteiger partial charge >= 0.3 is 0 Å². The Bertz CT molecular complexity index is 1080. The Morgan fingerprint density at radius 1 is 0.577 bits per heavy atom. The molecule has 2 aliphatic rings. The number of benzene rings is 1. The normalized spacial score (nSPS) is 19.5. The Morgan fingerprint density at radius 2 is 0.962 bits per heavy atom. The lowest BCUT2D eigenvalue weighted by atomic mass is 9.93. The molecule has 5 rings (SSSR count). The molecule has 0 aliphatic heterocycles. The Morgan fingerprint density at radius 3 is 1.38 bits per heavy atom. The lowest BCUT2D eigenvalue weighted by Gasteiger charge is -2.12. The highest BCUT2D eigenvalue weighted by Crippen LogP contribution is 2.37. The van der Waals surface area contributed by atoms with Crippen molar-refractivity contribution in [3.63, 3.8) is 0 Å². The molecule has 0 bridgehead atoms. The maximum Gasteiger partial charge on any atom is 0.0472 e. The van der Waals surface area contributed by atoms with Gasteiger partial charge in [0.05, 0.1) is 0 Å². The smallest absolute Gasteiger partial charge is 0.0472 e. The quantitative estimate of drug-likeness (QED) is 0.452. The average Bonchev–Trinajstić information content (AvgIpc) is 2.99. The molecule has 0 amide bonds. The zero-order valence-corrected chi connectivity index (χ0v) is 15.8. The van der Waals surface area contributed by atoms with E-state index in [4.69, 9.17) is 0 Å². The largest absolute Gasteiger partial charge is 0.354 e. The van der Waals surface area contributed by atoms with Gasteiger partial charge in [-0.1, -0.05) is 64.2 Å². The highest BCUT2D eigenvalue weighted by atomic mass is 14.7. The summed E-state index contributed by atoms with van der Waals surface area (Å²) in [6.07, 6.45) is 18.0. The molecule has 2 N–H and O–H groups in total. The van der Waals surface area contributed by atoms with E-state index in [-0.39, 0.29) is 10.8 Å². The number of aromatic nitrogens is 2. The molecular weight excluding hydrogens is 316 g/mol. The number of aromatic amines is 2. The molecule has 0 unspecified atom stereocenters. The van der Waals surface area contributed by atoms with Crippen molar-refractivity contribution in [2.45, 2.75) is 27.7 Å². The molecule has 0 radical (unpaired) electrons. The summed E-state index contributed by atoms with van der Waals surface area (Å²) in [5.41, 5.74) is 7.50. The van der Waals surface area contributed by atoms with E-state index < -0.39 is 0 Å². The molecule has 2 aromatic heterocycles. The molecule has 2 heterocycles. The van der Waals surface area contributed by atoms with Crippen molar-refractivity contribution < 1.29 is 0 Å². The van der Waals surface area contributed by atoms with Gasteiger partial charge in [0.15, 0.2) is 0 Å². The molecule has 130 valence electrons. The van der Waals surface area contributed by atoms with Crippen LogP contribution in [0.2, 0.25) is 0 Å².